The van der Waals surface area contributed by atoms with Gasteiger partial charge in [-0.1, -0.05) is 15.9 Å². The number of piperidine rings is 1. The lowest BCUT2D eigenvalue weighted by Crippen LogP contribution is -2.42. The van der Waals surface area contributed by atoms with Gasteiger partial charge in [0.25, 0.3) is 0 Å². The van der Waals surface area contributed by atoms with Crippen molar-refractivity contribution in [2.75, 3.05) is 25.0 Å². The van der Waals surface area contributed by atoms with Gasteiger partial charge in [-0.3, -0.25) is 4.79 Å². The van der Waals surface area contributed by atoms with Crippen molar-refractivity contribution in [2.45, 2.75) is 12.8 Å². The Bertz CT molecular complexity index is 674. The van der Waals surface area contributed by atoms with Crippen molar-refractivity contribution < 1.29 is 4.79 Å². The fourth-order valence-corrected chi connectivity index (χ4v) is 3.24. The van der Waals surface area contributed by atoms with Gasteiger partial charge in [0, 0.05) is 30.0 Å². The van der Waals surface area contributed by atoms with E-state index in [4.69, 9.17) is 4.98 Å². The lowest BCUT2D eigenvalue weighted by atomic mass is 9.97. The molecule has 0 unspecified atom stereocenters. The summed E-state index contributed by atoms with van der Waals surface area (Å²) in [7, 11) is 1.70. The summed E-state index contributed by atoms with van der Waals surface area (Å²) in [6.45, 7) is 1.71. The van der Waals surface area contributed by atoms with Gasteiger partial charge >= 0.3 is 0 Å². The smallest absolute Gasteiger partial charge is 0.224 e. The minimum atomic E-state index is 0.0613. The number of nitrogens with one attached hydrogen (secondary N) is 1. The minimum Gasteiger partial charge on any atom is -0.359 e. The number of halogens is 1. The number of hydrogen-bond acceptors (Lipinski definition) is 3. The summed E-state index contributed by atoms with van der Waals surface area (Å²) in [6.07, 6.45) is 1.98. The van der Waals surface area contributed by atoms with Crippen LogP contribution in [-0.2, 0) is 4.79 Å². The first-order chi connectivity index (χ1) is 10.2. The molecule has 4 nitrogen and oxygen atoms in total. The third-order valence-electron chi connectivity index (χ3n) is 4.00. The van der Waals surface area contributed by atoms with Crippen LogP contribution < -0.4 is 10.2 Å². The highest BCUT2D eigenvalue weighted by Crippen LogP contribution is 2.25. The highest BCUT2D eigenvalue weighted by molar-refractivity contribution is 9.10. The first-order valence-electron chi connectivity index (χ1n) is 7.20. The molecule has 0 saturated carbocycles. The fraction of sp³-hybridized carbons (Fsp3) is 0.375. The molecule has 1 atom stereocenters. The Balaban J connectivity index is 1.86. The van der Waals surface area contributed by atoms with Crippen LogP contribution in [-0.4, -0.2) is 31.0 Å². The van der Waals surface area contributed by atoms with Gasteiger partial charge < -0.3 is 10.2 Å². The van der Waals surface area contributed by atoms with Crippen LogP contribution in [0.4, 0.5) is 5.82 Å². The Morgan fingerprint density at radius 3 is 3.05 bits per heavy atom. The van der Waals surface area contributed by atoms with Gasteiger partial charge in [-0.25, -0.2) is 4.98 Å². The Hall–Kier alpha value is -1.62. The zero-order valence-electron chi connectivity index (χ0n) is 12.0. The molecule has 2 heterocycles. The molecule has 0 bridgehead atoms. The summed E-state index contributed by atoms with van der Waals surface area (Å²) in [4.78, 5) is 18.8. The van der Waals surface area contributed by atoms with Crippen LogP contribution in [0.5, 0.6) is 0 Å². The van der Waals surface area contributed by atoms with Crippen molar-refractivity contribution in [3.8, 4) is 0 Å². The number of rotatable bonds is 2. The van der Waals surface area contributed by atoms with E-state index in [0.717, 1.165) is 47.1 Å². The molecule has 1 aliphatic rings. The number of aromatic nitrogens is 1. The normalized spacial score (nSPS) is 18.8. The maximum atomic E-state index is 11.8. The molecule has 2 aromatic rings. The molecule has 1 fully saturated rings. The minimum absolute atomic E-state index is 0.0613. The standard InChI is InChI=1S/C16H18BrN3O/c1-18-16(21)12-3-2-8-20(10-12)15-7-4-11-9-13(17)5-6-14(11)19-15/h4-7,9,12H,2-3,8,10H2,1H3,(H,18,21)/t12-/m0/s1. The van der Waals surface area contributed by atoms with Crippen LogP contribution in [0.2, 0.25) is 0 Å². The second-order valence-electron chi connectivity index (χ2n) is 5.41. The number of carbonyl (C=O) groups excluding carboxylic acids is 1. The van der Waals surface area contributed by atoms with Gasteiger partial charge in [-0.15, -0.1) is 0 Å². The Morgan fingerprint density at radius 2 is 2.24 bits per heavy atom. The van der Waals surface area contributed by atoms with Crippen molar-refractivity contribution >= 4 is 38.6 Å². The number of benzene rings is 1. The van der Waals surface area contributed by atoms with Gasteiger partial charge in [0.1, 0.15) is 5.82 Å². The fourth-order valence-electron chi connectivity index (χ4n) is 2.87. The number of fused-ring (bicyclic) bond motifs is 1. The molecule has 0 spiro atoms. The van der Waals surface area contributed by atoms with E-state index in [9.17, 15) is 4.79 Å². The topological polar surface area (TPSA) is 45.2 Å². The van der Waals surface area contributed by atoms with Gasteiger partial charge in [0.05, 0.1) is 11.4 Å². The monoisotopic (exact) mass is 347 g/mol. The summed E-state index contributed by atoms with van der Waals surface area (Å²) >= 11 is 3.48. The quantitative estimate of drug-likeness (QED) is 0.908. The lowest BCUT2D eigenvalue weighted by Gasteiger charge is -2.32. The Morgan fingerprint density at radius 1 is 1.38 bits per heavy atom. The van der Waals surface area contributed by atoms with E-state index in [-0.39, 0.29) is 11.8 Å². The van der Waals surface area contributed by atoms with E-state index in [1.54, 1.807) is 7.05 Å². The van der Waals surface area contributed by atoms with Crippen LogP contribution in [0.1, 0.15) is 12.8 Å². The summed E-state index contributed by atoms with van der Waals surface area (Å²) < 4.78 is 1.06. The molecule has 1 N–H and O–H groups in total. The molecule has 1 aromatic heterocycles. The summed E-state index contributed by atoms with van der Waals surface area (Å²) in [5.41, 5.74) is 0.984. The van der Waals surface area contributed by atoms with Crippen molar-refractivity contribution in [2.24, 2.45) is 5.92 Å². The molecule has 110 valence electrons. The molecule has 1 amide bonds. The SMILES string of the molecule is CNC(=O)[C@H]1CCCN(c2ccc3cc(Br)ccc3n2)C1. The average Bonchev–Trinajstić information content (AvgIpc) is 2.53. The highest BCUT2D eigenvalue weighted by Gasteiger charge is 2.25. The van der Waals surface area contributed by atoms with Crippen LogP contribution in [0.25, 0.3) is 10.9 Å². The highest BCUT2D eigenvalue weighted by atomic mass is 79.9. The van der Waals surface area contributed by atoms with Crippen LogP contribution in [0, 0.1) is 5.92 Å². The second-order valence-corrected chi connectivity index (χ2v) is 6.32. The molecule has 3 rings (SSSR count). The van der Waals surface area contributed by atoms with E-state index in [0.29, 0.717) is 0 Å². The number of hydrogen-bond donors (Lipinski definition) is 1. The van der Waals surface area contributed by atoms with Gasteiger partial charge in [0.2, 0.25) is 5.91 Å². The summed E-state index contributed by atoms with van der Waals surface area (Å²) in [5.74, 6) is 1.15. The van der Waals surface area contributed by atoms with Gasteiger partial charge in [-0.2, -0.15) is 0 Å². The lowest BCUT2D eigenvalue weighted by molar-refractivity contribution is -0.124. The molecule has 0 radical (unpaired) electrons. The molecule has 1 saturated heterocycles. The number of carbonyl (C=O) groups is 1. The largest absolute Gasteiger partial charge is 0.359 e. The van der Waals surface area contributed by atoms with Crippen LogP contribution >= 0.6 is 15.9 Å². The molecule has 0 aliphatic carbocycles. The Labute approximate surface area is 132 Å². The maximum absolute atomic E-state index is 11.8. The zero-order valence-corrected chi connectivity index (χ0v) is 13.6. The number of pyridine rings is 1. The molecular formula is C16H18BrN3O. The maximum Gasteiger partial charge on any atom is 0.224 e. The van der Waals surface area contributed by atoms with Crippen LogP contribution in [0.3, 0.4) is 0 Å². The first-order valence-corrected chi connectivity index (χ1v) is 7.99. The van der Waals surface area contributed by atoms with Crippen molar-refractivity contribution in [3.63, 3.8) is 0 Å². The van der Waals surface area contributed by atoms with E-state index in [2.05, 4.69) is 38.3 Å². The second kappa shape index (κ2) is 6.02. The van der Waals surface area contributed by atoms with Crippen molar-refractivity contribution in [1.29, 1.82) is 0 Å². The molecular weight excluding hydrogens is 330 g/mol. The average molecular weight is 348 g/mol. The predicted octanol–water partition coefficient (Wildman–Crippen LogP) is 2.96. The van der Waals surface area contributed by atoms with Crippen LogP contribution in [0.15, 0.2) is 34.8 Å². The summed E-state index contributed by atoms with van der Waals surface area (Å²) in [5, 5.41) is 3.87. The van der Waals surface area contributed by atoms with E-state index < -0.39 is 0 Å². The van der Waals surface area contributed by atoms with E-state index >= 15 is 0 Å². The zero-order chi connectivity index (χ0) is 14.8. The predicted molar refractivity (Wildman–Crippen MR) is 88.4 cm³/mol. The molecule has 5 heteroatoms. The van der Waals surface area contributed by atoms with Crippen molar-refractivity contribution in [3.05, 3.63) is 34.8 Å². The van der Waals surface area contributed by atoms with Gasteiger partial charge in [0.15, 0.2) is 0 Å². The number of amides is 1. The van der Waals surface area contributed by atoms with Gasteiger partial charge in [-0.05, 0) is 43.2 Å². The molecule has 1 aromatic carbocycles. The molecule has 21 heavy (non-hydrogen) atoms. The third kappa shape index (κ3) is 3.02. The van der Waals surface area contributed by atoms with E-state index in [1.165, 1.54) is 0 Å². The first kappa shape index (κ1) is 14.3. The Kier molecular flexibility index (Phi) is 4.10. The number of anilines is 1. The third-order valence-corrected chi connectivity index (χ3v) is 4.49. The molecule has 1 aliphatic heterocycles. The summed E-state index contributed by atoms with van der Waals surface area (Å²) in [6, 6.07) is 10.2. The number of nitrogens with zero attached hydrogens (tertiary/aromatic N) is 2. The van der Waals surface area contributed by atoms with E-state index in [1.807, 2.05) is 18.2 Å². The van der Waals surface area contributed by atoms with Crippen molar-refractivity contribution in [1.82, 2.24) is 10.3 Å².